The number of hydrogen-bond donors (Lipinski definition) is 1. The maximum atomic E-state index is 11.5. The summed E-state index contributed by atoms with van der Waals surface area (Å²) in [6.45, 7) is 0.823. The Labute approximate surface area is 86.7 Å². The smallest absolute Gasteiger partial charge is 0.328 e. The first-order valence-electron chi connectivity index (χ1n) is 4.70. The molecular weight excluding hydrogens is 194 g/mol. The molecule has 0 radical (unpaired) electrons. The van der Waals surface area contributed by atoms with Crippen LogP contribution in [0.4, 0.5) is 0 Å². The molecule has 2 N–H and O–H groups in total. The standard InChI is InChI=1S/C10H13N3O2/c1-12-4-5-13(10(12)14)7-9-3-2-8(6-11)15-9/h2-5H,6-7,11H2,1H3. The van der Waals surface area contributed by atoms with Crippen molar-refractivity contribution in [3.05, 3.63) is 46.5 Å². The molecule has 15 heavy (non-hydrogen) atoms. The number of aryl methyl sites for hydroxylation is 1. The van der Waals surface area contributed by atoms with Crippen molar-refractivity contribution in [2.45, 2.75) is 13.1 Å². The lowest BCUT2D eigenvalue weighted by molar-refractivity contribution is 0.452. The van der Waals surface area contributed by atoms with Crippen LogP contribution in [0.1, 0.15) is 11.5 Å². The highest BCUT2D eigenvalue weighted by Crippen LogP contribution is 2.07. The zero-order valence-electron chi connectivity index (χ0n) is 8.51. The molecule has 0 fully saturated rings. The first kappa shape index (κ1) is 9.79. The third kappa shape index (κ3) is 1.87. The minimum atomic E-state index is -0.0549. The SMILES string of the molecule is Cn1ccn(Cc2ccc(CN)o2)c1=O. The fourth-order valence-corrected chi connectivity index (χ4v) is 1.42. The van der Waals surface area contributed by atoms with Crippen LogP contribution in [0.25, 0.3) is 0 Å². The maximum Gasteiger partial charge on any atom is 0.328 e. The summed E-state index contributed by atoms with van der Waals surface area (Å²) in [7, 11) is 1.71. The van der Waals surface area contributed by atoms with Crippen LogP contribution in [0.15, 0.2) is 33.7 Å². The molecule has 0 aliphatic carbocycles. The van der Waals surface area contributed by atoms with Gasteiger partial charge in [-0.1, -0.05) is 0 Å². The predicted octanol–water partition coefficient (Wildman–Crippen LogP) is 0.287. The highest BCUT2D eigenvalue weighted by Gasteiger charge is 2.04. The van der Waals surface area contributed by atoms with Crippen molar-refractivity contribution < 1.29 is 4.42 Å². The largest absolute Gasteiger partial charge is 0.463 e. The number of hydrogen-bond acceptors (Lipinski definition) is 3. The van der Waals surface area contributed by atoms with E-state index in [1.165, 1.54) is 4.57 Å². The minimum Gasteiger partial charge on any atom is -0.463 e. The molecule has 0 aliphatic rings. The molecule has 0 spiro atoms. The van der Waals surface area contributed by atoms with Gasteiger partial charge < -0.3 is 14.7 Å². The van der Waals surface area contributed by atoms with Gasteiger partial charge in [-0.05, 0) is 12.1 Å². The minimum absolute atomic E-state index is 0.0549. The molecule has 0 bridgehead atoms. The molecule has 0 amide bonds. The molecule has 80 valence electrons. The monoisotopic (exact) mass is 207 g/mol. The molecular formula is C10H13N3O2. The molecule has 0 aliphatic heterocycles. The third-order valence-electron chi connectivity index (χ3n) is 2.26. The Kier molecular flexibility index (Phi) is 2.47. The lowest BCUT2D eigenvalue weighted by Gasteiger charge is -1.97. The number of imidazole rings is 1. The normalized spacial score (nSPS) is 10.8. The lowest BCUT2D eigenvalue weighted by atomic mass is 10.4. The van der Waals surface area contributed by atoms with E-state index in [1.54, 1.807) is 24.0 Å². The number of nitrogens with zero attached hydrogens (tertiary/aromatic N) is 2. The van der Waals surface area contributed by atoms with Gasteiger partial charge in [0.1, 0.15) is 11.5 Å². The van der Waals surface area contributed by atoms with Gasteiger partial charge >= 0.3 is 5.69 Å². The predicted molar refractivity (Wildman–Crippen MR) is 55.4 cm³/mol. The molecule has 0 unspecified atom stereocenters. The van der Waals surface area contributed by atoms with Crippen LogP contribution in [0, 0.1) is 0 Å². The summed E-state index contributed by atoms with van der Waals surface area (Å²) < 4.78 is 8.51. The van der Waals surface area contributed by atoms with Crippen LogP contribution >= 0.6 is 0 Å². The summed E-state index contributed by atoms with van der Waals surface area (Å²) in [5, 5.41) is 0. The maximum absolute atomic E-state index is 11.5. The Balaban J connectivity index is 2.22. The van der Waals surface area contributed by atoms with E-state index in [0.29, 0.717) is 13.1 Å². The number of nitrogens with two attached hydrogens (primary N) is 1. The summed E-state index contributed by atoms with van der Waals surface area (Å²) in [5.74, 6) is 1.47. The van der Waals surface area contributed by atoms with Crippen molar-refractivity contribution in [2.75, 3.05) is 0 Å². The van der Waals surface area contributed by atoms with Gasteiger partial charge in [-0.3, -0.25) is 4.57 Å². The van der Waals surface area contributed by atoms with Crippen molar-refractivity contribution in [1.29, 1.82) is 0 Å². The second kappa shape index (κ2) is 3.78. The molecule has 0 atom stereocenters. The third-order valence-corrected chi connectivity index (χ3v) is 2.26. The molecule has 2 rings (SSSR count). The van der Waals surface area contributed by atoms with Crippen LogP contribution in [0.5, 0.6) is 0 Å². The molecule has 5 nitrogen and oxygen atoms in total. The second-order valence-corrected chi connectivity index (χ2v) is 3.39. The van der Waals surface area contributed by atoms with Crippen LogP contribution < -0.4 is 11.4 Å². The number of furan rings is 1. The summed E-state index contributed by atoms with van der Waals surface area (Å²) in [4.78, 5) is 11.5. The molecule has 0 aromatic carbocycles. The zero-order valence-corrected chi connectivity index (χ0v) is 8.51. The van der Waals surface area contributed by atoms with Gasteiger partial charge in [-0.2, -0.15) is 0 Å². The first-order chi connectivity index (χ1) is 7.20. The molecule has 2 heterocycles. The number of aromatic nitrogens is 2. The van der Waals surface area contributed by atoms with Crippen molar-refractivity contribution in [3.8, 4) is 0 Å². The first-order valence-corrected chi connectivity index (χ1v) is 4.70. The Morgan fingerprint density at radius 3 is 2.60 bits per heavy atom. The molecule has 2 aromatic rings. The van der Waals surface area contributed by atoms with Gasteiger partial charge in [0.2, 0.25) is 0 Å². The van der Waals surface area contributed by atoms with Crippen LogP contribution in [-0.2, 0) is 20.1 Å². The summed E-state index contributed by atoms with van der Waals surface area (Å²) >= 11 is 0. The van der Waals surface area contributed by atoms with E-state index in [2.05, 4.69) is 0 Å². The molecule has 5 heteroatoms. The zero-order chi connectivity index (χ0) is 10.8. The highest BCUT2D eigenvalue weighted by molar-refractivity contribution is 5.07. The van der Waals surface area contributed by atoms with Gasteiger partial charge in [0.15, 0.2) is 0 Å². The molecule has 0 saturated heterocycles. The van der Waals surface area contributed by atoms with E-state index >= 15 is 0 Å². The van der Waals surface area contributed by atoms with Gasteiger partial charge in [0, 0.05) is 19.4 Å². The van der Waals surface area contributed by atoms with E-state index in [1.807, 2.05) is 12.1 Å². The number of rotatable bonds is 3. The van der Waals surface area contributed by atoms with E-state index in [4.69, 9.17) is 10.2 Å². The van der Waals surface area contributed by atoms with Crippen molar-refractivity contribution in [1.82, 2.24) is 9.13 Å². The van der Waals surface area contributed by atoms with Gasteiger partial charge in [-0.25, -0.2) is 4.79 Å². The van der Waals surface area contributed by atoms with E-state index in [9.17, 15) is 4.79 Å². The Morgan fingerprint density at radius 2 is 2.07 bits per heavy atom. The van der Waals surface area contributed by atoms with Crippen LogP contribution in [0.3, 0.4) is 0 Å². The quantitative estimate of drug-likeness (QED) is 0.786. The van der Waals surface area contributed by atoms with Gasteiger partial charge in [0.05, 0.1) is 13.1 Å². The summed E-state index contributed by atoms with van der Waals surface area (Å²) in [6.07, 6.45) is 3.45. The highest BCUT2D eigenvalue weighted by atomic mass is 16.3. The van der Waals surface area contributed by atoms with Gasteiger partial charge in [0.25, 0.3) is 0 Å². The Bertz CT molecular complexity index is 507. The Hall–Kier alpha value is -1.75. The fourth-order valence-electron chi connectivity index (χ4n) is 1.42. The summed E-state index contributed by atoms with van der Waals surface area (Å²) in [6, 6.07) is 3.66. The van der Waals surface area contributed by atoms with Crippen molar-refractivity contribution >= 4 is 0 Å². The lowest BCUT2D eigenvalue weighted by Crippen LogP contribution is -2.22. The van der Waals surface area contributed by atoms with Crippen LogP contribution in [0.2, 0.25) is 0 Å². The Morgan fingerprint density at radius 1 is 1.33 bits per heavy atom. The van der Waals surface area contributed by atoms with Crippen molar-refractivity contribution in [2.24, 2.45) is 12.8 Å². The van der Waals surface area contributed by atoms with Crippen molar-refractivity contribution in [3.63, 3.8) is 0 Å². The van der Waals surface area contributed by atoms with E-state index in [-0.39, 0.29) is 5.69 Å². The van der Waals surface area contributed by atoms with Crippen LogP contribution in [-0.4, -0.2) is 9.13 Å². The van der Waals surface area contributed by atoms with Gasteiger partial charge in [-0.15, -0.1) is 0 Å². The topological polar surface area (TPSA) is 66.1 Å². The second-order valence-electron chi connectivity index (χ2n) is 3.39. The van der Waals surface area contributed by atoms with E-state index < -0.39 is 0 Å². The fraction of sp³-hybridized carbons (Fsp3) is 0.300. The van der Waals surface area contributed by atoms with E-state index in [0.717, 1.165) is 11.5 Å². The molecule has 0 saturated carbocycles. The average molecular weight is 207 g/mol. The summed E-state index contributed by atoms with van der Waals surface area (Å²) in [5.41, 5.74) is 5.37. The molecule has 2 aromatic heterocycles. The average Bonchev–Trinajstić information content (AvgIpc) is 2.80.